The van der Waals surface area contributed by atoms with Crippen LogP contribution in [0.15, 0.2) is 29.4 Å². The third kappa shape index (κ3) is 2.06. The molecule has 1 aliphatic heterocycles. The van der Waals surface area contributed by atoms with Crippen molar-refractivity contribution in [3.05, 3.63) is 39.9 Å². The predicted octanol–water partition coefficient (Wildman–Crippen LogP) is 2.12. The van der Waals surface area contributed by atoms with Gasteiger partial charge in [0.2, 0.25) is 0 Å². The van der Waals surface area contributed by atoms with Crippen molar-refractivity contribution in [1.82, 2.24) is 5.01 Å². The van der Waals surface area contributed by atoms with Crippen molar-refractivity contribution in [2.75, 3.05) is 7.05 Å². The number of non-ortho nitro benzene ring substituents is 1. The molecule has 106 valence electrons. The van der Waals surface area contributed by atoms with Crippen molar-refractivity contribution >= 4 is 11.4 Å². The van der Waals surface area contributed by atoms with Gasteiger partial charge in [-0.05, 0) is 19.3 Å². The second-order valence-corrected chi connectivity index (χ2v) is 5.59. The van der Waals surface area contributed by atoms with Crippen LogP contribution in [0.2, 0.25) is 0 Å². The summed E-state index contributed by atoms with van der Waals surface area (Å²) in [5, 5.41) is 27.5. The minimum absolute atomic E-state index is 0.0736. The molecule has 6 heteroatoms. The number of benzene rings is 1. The van der Waals surface area contributed by atoms with E-state index in [1.54, 1.807) is 24.2 Å². The summed E-state index contributed by atoms with van der Waals surface area (Å²) in [5.41, 5.74) is 0.845. The van der Waals surface area contributed by atoms with Gasteiger partial charge in [0.25, 0.3) is 5.69 Å². The largest absolute Gasteiger partial charge is 0.369 e. The van der Waals surface area contributed by atoms with Crippen molar-refractivity contribution in [3.8, 4) is 0 Å². The van der Waals surface area contributed by atoms with E-state index in [1.807, 2.05) is 6.07 Å². The Balaban J connectivity index is 2.01. The Morgan fingerprint density at radius 3 is 3.10 bits per heavy atom. The number of fused-ring (bicyclic) bond motifs is 2. The molecule has 1 saturated carbocycles. The van der Waals surface area contributed by atoms with Gasteiger partial charge < -0.3 is 5.11 Å². The van der Waals surface area contributed by atoms with E-state index < -0.39 is 10.6 Å². The predicted molar refractivity (Wildman–Crippen MR) is 74.3 cm³/mol. The van der Waals surface area contributed by atoms with Crippen molar-refractivity contribution in [3.63, 3.8) is 0 Å². The van der Waals surface area contributed by atoms with E-state index in [9.17, 15) is 15.2 Å². The highest BCUT2D eigenvalue weighted by atomic mass is 16.6. The summed E-state index contributed by atoms with van der Waals surface area (Å²) >= 11 is 0. The average Bonchev–Trinajstić information content (AvgIpc) is 2.43. The molecule has 0 unspecified atom stereocenters. The maximum absolute atomic E-state index is 10.9. The maximum atomic E-state index is 10.9. The second-order valence-electron chi connectivity index (χ2n) is 5.59. The molecule has 6 nitrogen and oxygen atoms in total. The van der Waals surface area contributed by atoms with E-state index in [2.05, 4.69) is 5.10 Å². The van der Waals surface area contributed by atoms with Crippen LogP contribution in [-0.2, 0) is 0 Å². The summed E-state index contributed by atoms with van der Waals surface area (Å²) in [7, 11) is 1.76. The summed E-state index contributed by atoms with van der Waals surface area (Å²) in [4.78, 5) is 10.5. The number of nitrogens with zero attached hydrogens (tertiary/aromatic N) is 3. The number of hydrazone groups is 1. The van der Waals surface area contributed by atoms with Crippen LogP contribution >= 0.6 is 0 Å². The first-order valence-electron chi connectivity index (χ1n) is 6.79. The van der Waals surface area contributed by atoms with Gasteiger partial charge in [-0.15, -0.1) is 0 Å². The van der Waals surface area contributed by atoms with Crippen LogP contribution in [0.4, 0.5) is 5.69 Å². The van der Waals surface area contributed by atoms with Crippen molar-refractivity contribution < 1.29 is 10.0 Å². The zero-order chi connectivity index (χ0) is 14.3. The van der Waals surface area contributed by atoms with Gasteiger partial charge in [0, 0.05) is 37.1 Å². The lowest BCUT2D eigenvalue weighted by molar-refractivity contribution is -0.384. The van der Waals surface area contributed by atoms with Crippen LogP contribution in [0, 0.1) is 16.0 Å². The highest BCUT2D eigenvalue weighted by Gasteiger charge is 2.43. The van der Waals surface area contributed by atoms with E-state index in [0.717, 1.165) is 30.5 Å². The molecule has 2 bridgehead atoms. The molecule has 2 atom stereocenters. The smallest absolute Gasteiger partial charge is 0.270 e. The monoisotopic (exact) mass is 275 g/mol. The number of nitro groups is 1. The van der Waals surface area contributed by atoms with Crippen LogP contribution < -0.4 is 0 Å². The molecular formula is C14H17N3O3. The topological polar surface area (TPSA) is 79.0 Å². The fourth-order valence-electron chi connectivity index (χ4n) is 3.17. The van der Waals surface area contributed by atoms with Crippen molar-refractivity contribution in [2.24, 2.45) is 11.0 Å². The highest BCUT2D eigenvalue weighted by Crippen LogP contribution is 2.40. The van der Waals surface area contributed by atoms with Crippen molar-refractivity contribution in [1.29, 1.82) is 0 Å². The normalized spacial score (nSPS) is 29.0. The zero-order valence-electron chi connectivity index (χ0n) is 11.3. The van der Waals surface area contributed by atoms with E-state index in [1.165, 1.54) is 6.07 Å². The first-order valence-corrected chi connectivity index (χ1v) is 6.79. The lowest BCUT2D eigenvalue weighted by atomic mass is 9.77. The third-order valence-electron chi connectivity index (χ3n) is 4.30. The van der Waals surface area contributed by atoms with Gasteiger partial charge in [0.15, 0.2) is 5.72 Å². The highest BCUT2D eigenvalue weighted by molar-refractivity contribution is 6.03. The zero-order valence-corrected chi connectivity index (χ0v) is 11.3. The average molecular weight is 275 g/mol. The van der Waals surface area contributed by atoms with Gasteiger partial charge in [0.05, 0.1) is 10.6 Å². The summed E-state index contributed by atoms with van der Waals surface area (Å²) < 4.78 is 0. The second kappa shape index (κ2) is 4.56. The molecule has 1 aromatic carbocycles. The lowest BCUT2D eigenvalue weighted by Crippen LogP contribution is -2.52. The molecule has 1 heterocycles. The maximum Gasteiger partial charge on any atom is 0.270 e. The minimum Gasteiger partial charge on any atom is -0.369 e. The Morgan fingerprint density at radius 2 is 2.35 bits per heavy atom. The molecule has 1 aliphatic carbocycles. The van der Waals surface area contributed by atoms with Gasteiger partial charge in [-0.3, -0.25) is 15.1 Å². The number of nitro benzene ring substituents is 1. The Labute approximate surface area is 116 Å². The van der Waals surface area contributed by atoms with Gasteiger partial charge in [-0.1, -0.05) is 12.1 Å². The van der Waals surface area contributed by atoms with E-state index in [0.29, 0.717) is 6.42 Å². The molecule has 1 fully saturated rings. The number of hydrogen-bond acceptors (Lipinski definition) is 5. The minimum atomic E-state index is -0.854. The molecule has 1 aromatic rings. The molecule has 0 amide bonds. The van der Waals surface area contributed by atoms with E-state index >= 15 is 0 Å². The van der Waals surface area contributed by atoms with Crippen LogP contribution in [0.3, 0.4) is 0 Å². The quantitative estimate of drug-likeness (QED) is 0.662. The molecule has 0 radical (unpaired) electrons. The van der Waals surface area contributed by atoms with Gasteiger partial charge >= 0.3 is 0 Å². The van der Waals surface area contributed by atoms with Gasteiger partial charge in [-0.25, -0.2) is 0 Å². The first-order chi connectivity index (χ1) is 9.49. The summed E-state index contributed by atoms with van der Waals surface area (Å²) in [6.07, 6.45) is 3.29. The van der Waals surface area contributed by atoms with E-state index in [-0.39, 0.29) is 11.6 Å². The third-order valence-corrected chi connectivity index (χ3v) is 4.30. The Bertz CT molecular complexity index is 587. The molecule has 3 rings (SSSR count). The standard InChI is InChI=1S/C14H17N3O3/c1-16-14(18)7-3-5-11(9-14)13(15-16)10-4-2-6-12(8-10)17(19)20/h2,4,6,8,11,18H,3,5,7,9H2,1H3/t11-,14-/m0/s1. The summed E-state index contributed by atoms with van der Waals surface area (Å²) in [6, 6.07) is 6.57. The van der Waals surface area contributed by atoms with Crippen molar-refractivity contribution in [2.45, 2.75) is 31.4 Å². The van der Waals surface area contributed by atoms with Crippen LogP contribution in [0.5, 0.6) is 0 Å². The van der Waals surface area contributed by atoms with Crippen LogP contribution in [0.1, 0.15) is 31.2 Å². The van der Waals surface area contributed by atoms with Crippen LogP contribution in [0.25, 0.3) is 0 Å². The summed E-state index contributed by atoms with van der Waals surface area (Å²) in [5.74, 6) is 0.173. The van der Waals surface area contributed by atoms with E-state index in [4.69, 9.17) is 0 Å². The molecule has 20 heavy (non-hydrogen) atoms. The van der Waals surface area contributed by atoms with Gasteiger partial charge in [0.1, 0.15) is 0 Å². The molecule has 2 aliphatic rings. The Kier molecular flexibility index (Phi) is 2.97. The first kappa shape index (κ1) is 13.1. The van der Waals surface area contributed by atoms with Crippen LogP contribution in [-0.4, -0.2) is 33.5 Å². The molecule has 0 spiro atoms. The molecule has 0 saturated heterocycles. The SMILES string of the molecule is CN1N=C(c2cccc([N+](=O)[O-])c2)[C@H]2CCC[C@]1(O)C2. The number of aliphatic hydroxyl groups is 1. The molecule has 1 N–H and O–H groups in total. The molecule has 0 aromatic heterocycles. The van der Waals surface area contributed by atoms with Gasteiger partial charge in [-0.2, -0.15) is 5.10 Å². The molecular weight excluding hydrogens is 258 g/mol. The number of rotatable bonds is 2. The Hall–Kier alpha value is -1.95. The summed E-state index contributed by atoms with van der Waals surface area (Å²) in [6.45, 7) is 0. The lowest BCUT2D eigenvalue weighted by Gasteiger charge is -2.46. The Morgan fingerprint density at radius 1 is 1.55 bits per heavy atom. The fraction of sp³-hybridized carbons (Fsp3) is 0.500. The fourth-order valence-corrected chi connectivity index (χ4v) is 3.17. The number of hydrogen-bond donors (Lipinski definition) is 1.